The summed E-state index contributed by atoms with van der Waals surface area (Å²) in [6, 6.07) is 0.859. The van der Waals surface area contributed by atoms with Gasteiger partial charge in [-0.05, 0) is 28.7 Å². The third kappa shape index (κ3) is 2.78. The van der Waals surface area contributed by atoms with E-state index in [1.54, 1.807) is 0 Å². The van der Waals surface area contributed by atoms with Crippen LogP contribution in [0, 0.1) is 3.57 Å². The van der Waals surface area contributed by atoms with Crippen LogP contribution in [0.5, 0.6) is 0 Å². The molecule has 0 fully saturated rings. The summed E-state index contributed by atoms with van der Waals surface area (Å²) in [6.07, 6.45) is -7.94. The van der Waals surface area contributed by atoms with Gasteiger partial charge in [0.05, 0.1) is 6.61 Å². The average Bonchev–Trinajstić information content (AvgIpc) is 2.14. The Hall–Kier alpha value is -0.510. The molecule has 0 aromatic carbocycles. The Kier molecular flexibility index (Phi) is 4.05. The van der Waals surface area contributed by atoms with Gasteiger partial charge in [0, 0.05) is 9.13 Å². The van der Waals surface area contributed by atoms with E-state index in [1.807, 2.05) is 0 Å². The smallest absolute Gasteiger partial charge is 0.392 e. The van der Waals surface area contributed by atoms with Crippen molar-refractivity contribution in [2.45, 2.75) is 19.2 Å². The van der Waals surface area contributed by atoms with E-state index in [1.165, 1.54) is 22.6 Å². The number of aromatic nitrogens is 1. The first kappa shape index (κ1) is 13.6. The average molecular weight is 353 g/mol. The molecule has 0 bridgehead atoms. The minimum absolute atomic E-state index is 0.107. The first-order chi connectivity index (χ1) is 7.27. The van der Waals surface area contributed by atoms with E-state index in [-0.39, 0.29) is 3.57 Å². The lowest BCUT2D eigenvalue weighted by Gasteiger charge is -2.13. The highest BCUT2D eigenvalue weighted by Crippen LogP contribution is 2.34. The van der Waals surface area contributed by atoms with Gasteiger partial charge in [0.15, 0.2) is 5.69 Å². The summed E-state index contributed by atoms with van der Waals surface area (Å²) in [5.74, 6) is 0. The molecule has 1 rings (SSSR count). The highest BCUT2D eigenvalue weighted by molar-refractivity contribution is 14.1. The fourth-order valence-corrected chi connectivity index (χ4v) is 1.79. The summed E-state index contributed by atoms with van der Waals surface area (Å²) >= 11 is 1.45. The number of hydrogen-bond donors (Lipinski definition) is 1. The predicted molar refractivity (Wildman–Crippen MR) is 52.8 cm³/mol. The van der Waals surface area contributed by atoms with Crippen molar-refractivity contribution in [2.24, 2.45) is 0 Å². The zero-order chi connectivity index (χ0) is 12.5. The Labute approximate surface area is 101 Å². The quantitative estimate of drug-likeness (QED) is 0.655. The summed E-state index contributed by atoms with van der Waals surface area (Å²) in [7, 11) is 0. The Balaban J connectivity index is 3.41. The molecule has 0 unspecified atom stereocenters. The zero-order valence-corrected chi connectivity index (χ0v) is 9.68. The minimum Gasteiger partial charge on any atom is -0.392 e. The van der Waals surface area contributed by atoms with Crippen molar-refractivity contribution in [1.82, 2.24) is 4.98 Å². The van der Waals surface area contributed by atoms with Gasteiger partial charge < -0.3 is 5.11 Å². The van der Waals surface area contributed by atoms with Crippen LogP contribution in [0.15, 0.2) is 6.07 Å². The highest BCUT2D eigenvalue weighted by atomic mass is 127. The van der Waals surface area contributed by atoms with Crippen LogP contribution in [-0.2, 0) is 12.8 Å². The number of hydrogen-bond acceptors (Lipinski definition) is 2. The number of halogens is 6. The van der Waals surface area contributed by atoms with Gasteiger partial charge in [-0.3, -0.25) is 0 Å². The van der Waals surface area contributed by atoms with Crippen molar-refractivity contribution in [3.63, 3.8) is 0 Å². The van der Waals surface area contributed by atoms with Gasteiger partial charge in [0.25, 0.3) is 6.43 Å². The van der Waals surface area contributed by atoms with Crippen LogP contribution >= 0.6 is 22.6 Å². The first-order valence-electron chi connectivity index (χ1n) is 3.93. The maximum atomic E-state index is 12.4. The van der Waals surface area contributed by atoms with E-state index < -0.39 is 36.2 Å². The highest BCUT2D eigenvalue weighted by Gasteiger charge is 2.36. The molecule has 0 amide bonds. The van der Waals surface area contributed by atoms with Gasteiger partial charge in [-0.1, -0.05) is 0 Å². The van der Waals surface area contributed by atoms with E-state index in [9.17, 15) is 22.0 Å². The zero-order valence-electron chi connectivity index (χ0n) is 7.52. The molecule has 2 nitrogen and oxygen atoms in total. The summed E-state index contributed by atoms with van der Waals surface area (Å²) < 4.78 is 61.7. The summed E-state index contributed by atoms with van der Waals surface area (Å²) in [4.78, 5) is 2.87. The van der Waals surface area contributed by atoms with Gasteiger partial charge in [-0.25, -0.2) is 13.8 Å². The maximum absolute atomic E-state index is 12.4. The van der Waals surface area contributed by atoms with Gasteiger partial charge in [-0.15, -0.1) is 0 Å². The maximum Gasteiger partial charge on any atom is 0.433 e. The lowest BCUT2D eigenvalue weighted by Crippen LogP contribution is -2.15. The molecule has 0 atom stereocenters. The van der Waals surface area contributed by atoms with Crippen molar-refractivity contribution in [1.29, 1.82) is 0 Å². The standard InChI is InChI=1S/C8H5F5INO/c9-7(10)5-4(14)1-3(2-16)6(15-5)8(11,12)13/h1,7,16H,2H2. The number of aliphatic hydroxyl groups excluding tert-OH is 1. The third-order valence-electron chi connectivity index (χ3n) is 1.73. The molecule has 16 heavy (non-hydrogen) atoms. The molecule has 0 saturated heterocycles. The molecule has 0 radical (unpaired) electrons. The largest absolute Gasteiger partial charge is 0.433 e. The molecular formula is C8H5F5INO. The Morgan fingerprint density at radius 3 is 2.31 bits per heavy atom. The first-order valence-corrected chi connectivity index (χ1v) is 5.00. The molecular weight excluding hydrogens is 348 g/mol. The van der Waals surface area contributed by atoms with Crippen LogP contribution in [0.25, 0.3) is 0 Å². The second kappa shape index (κ2) is 4.78. The normalized spacial score (nSPS) is 12.2. The lowest BCUT2D eigenvalue weighted by molar-refractivity contribution is -0.142. The number of pyridine rings is 1. The third-order valence-corrected chi connectivity index (χ3v) is 2.59. The Morgan fingerprint density at radius 1 is 1.38 bits per heavy atom. The molecule has 0 aliphatic carbocycles. The van der Waals surface area contributed by atoms with Gasteiger partial charge in [0.2, 0.25) is 0 Å². The van der Waals surface area contributed by atoms with E-state index >= 15 is 0 Å². The van der Waals surface area contributed by atoms with Crippen LogP contribution in [0.3, 0.4) is 0 Å². The second-order valence-electron chi connectivity index (χ2n) is 2.82. The molecule has 0 saturated carbocycles. The fourth-order valence-electron chi connectivity index (χ4n) is 1.06. The van der Waals surface area contributed by atoms with E-state index in [2.05, 4.69) is 4.98 Å². The molecule has 1 heterocycles. The van der Waals surface area contributed by atoms with Crippen LogP contribution in [0.4, 0.5) is 22.0 Å². The van der Waals surface area contributed by atoms with Crippen molar-refractivity contribution in [3.05, 3.63) is 26.6 Å². The van der Waals surface area contributed by atoms with Gasteiger partial charge in [0.1, 0.15) is 5.69 Å². The summed E-state index contributed by atoms with van der Waals surface area (Å²) in [6.45, 7) is -0.901. The minimum atomic E-state index is -4.86. The molecule has 90 valence electrons. The molecule has 0 aliphatic heterocycles. The molecule has 1 N–H and O–H groups in total. The van der Waals surface area contributed by atoms with Gasteiger partial charge in [-0.2, -0.15) is 13.2 Å². The van der Waals surface area contributed by atoms with Crippen LogP contribution < -0.4 is 0 Å². The van der Waals surface area contributed by atoms with E-state index in [4.69, 9.17) is 5.11 Å². The van der Waals surface area contributed by atoms with Crippen LogP contribution in [-0.4, -0.2) is 10.1 Å². The summed E-state index contributed by atoms with van der Waals surface area (Å²) in [5, 5.41) is 8.70. The van der Waals surface area contributed by atoms with Crippen molar-refractivity contribution >= 4 is 22.6 Å². The van der Waals surface area contributed by atoms with E-state index in [0.717, 1.165) is 6.07 Å². The van der Waals surface area contributed by atoms with Crippen molar-refractivity contribution in [3.8, 4) is 0 Å². The number of aliphatic hydroxyl groups is 1. The Bertz CT molecular complexity index is 393. The molecule has 8 heteroatoms. The van der Waals surface area contributed by atoms with Gasteiger partial charge >= 0.3 is 6.18 Å². The second-order valence-corrected chi connectivity index (χ2v) is 3.98. The fraction of sp³-hybridized carbons (Fsp3) is 0.375. The summed E-state index contributed by atoms with van der Waals surface area (Å²) in [5.41, 5.74) is -2.91. The van der Waals surface area contributed by atoms with E-state index in [0.29, 0.717) is 0 Å². The van der Waals surface area contributed by atoms with Crippen molar-refractivity contribution < 1.29 is 27.1 Å². The lowest BCUT2D eigenvalue weighted by atomic mass is 10.1. The monoisotopic (exact) mass is 353 g/mol. The molecule has 0 spiro atoms. The van der Waals surface area contributed by atoms with Crippen LogP contribution in [0.1, 0.15) is 23.4 Å². The number of rotatable bonds is 2. The molecule has 1 aromatic heterocycles. The topological polar surface area (TPSA) is 33.1 Å². The number of nitrogens with zero attached hydrogens (tertiary/aromatic N) is 1. The SMILES string of the molecule is OCc1cc(I)c(C(F)F)nc1C(F)(F)F. The van der Waals surface area contributed by atoms with Crippen LogP contribution in [0.2, 0.25) is 0 Å². The molecule has 1 aromatic rings. The van der Waals surface area contributed by atoms with Crippen molar-refractivity contribution in [2.75, 3.05) is 0 Å². The molecule has 0 aliphatic rings. The number of alkyl halides is 5. The predicted octanol–water partition coefficient (Wildman–Crippen LogP) is 3.13. The Morgan fingerprint density at radius 2 is 1.94 bits per heavy atom.